The molecule has 1 aliphatic heterocycles. The Hall–Kier alpha value is -1.06. The van der Waals surface area contributed by atoms with E-state index in [1.807, 2.05) is 30.1 Å². The van der Waals surface area contributed by atoms with E-state index in [1.165, 1.54) is 5.56 Å². The fourth-order valence-electron chi connectivity index (χ4n) is 2.89. The van der Waals surface area contributed by atoms with Gasteiger partial charge in [-0.25, -0.2) is 0 Å². The smallest absolute Gasteiger partial charge is 0.226 e. The maximum absolute atomic E-state index is 12.8. The summed E-state index contributed by atoms with van der Waals surface area (Å²) in [5.74, 6) is 0.722. The summed E-state index contributed by atoms with van der Waals surface area (Å²) in [5.41, 5.74) is 1.25. The van der Waals surface area contributed by atoms with Crippen molar-refractivity contribution in [1.29, 1.82) is 0 Å². The first kappa shape index (κ1) is 18.0. The Bertz CT molecular complexity index is 430. The van der Waals surface area contributed by atoms with Crippen LogP contribution >= 0.6 is 12.4 Å². The Morgan fingerprint density at radius 3 is 2.52 bits per heavy atom. The van der Waals surface area contributed by atoms with E-state index in [9.17, 15) is 4.79 Å². The summed E-state index contributed by atoms with van der Waals surface area (Å²) in [4.78, 5) is 14.7. The van der Waals surface area contributed by atoms with Crippen LogP contribution < -0.4 is 5.32 Å². The number of halogens is 1. The van der Waals surface area contributed by atoms with Gasteiger partial charge in [0, 0.05) is 25.6 Å². The van der Waals surface area contributed by atoms with E-state index < -0.39 is 0 Å². The third-order valence-corrected chi connectivity index (χ3v) is 4.35. The maximum Gasteiger partial charge on any atom is 0.226 e. The first-order valence-corrected chi connectivity index (χ1v) is 7.61. The number of rotatable bonds is 5. The lowest BCUT2D eigenvalue weighted by Crippen LogP contribution is -2.43. The van der Waals surface area contributed by atoms with Crippen LogP contribution in [-0.4, -0.2) is 37.0 Å². The zero-order valence-electron chi connectivity index (χ0n) is 13.2. The molecular weight excluding hydrogens is 284 g/mol. The third kappa shape index (κ3) is 4.72. The first-order chi connectivity index (χ1) is 9.59. The van der Waals surface area contributed by atoms with Crippen LogP contribution in [0, 0.1) is 11.8 Å². The van der Waals surface area contributed by atoms with Crippen molar-refractivity contribution in [3.05, 3.63) is 35.9 Å². The Morgan fingerprint density at radius 2 is 2.00 bits per heavy atom. The molecule has 1 amide bonds. The molecule has 0 spiro atoms. The summed E-state index contributed by atoms with van der Waals surface area (Å²) in [6.45, 7) is 6.24. The number of carbonyl (C=O) groups excluding carboxylic acids is 1. The van der Waals surface area contributed by atoms with E-state index in [1.54, 1.807) is 0 Å². The van der Waals surface area contributed by atoms with Crippen molar-refractivity contribution in [2.45, 2.75) is 32.7 Å². The molecule has 118 valence electrons. The Morgan fingerprint density at radius 1 is 1.33 bits per heavy atom. The number of nitrogens with zero attached hydrogens (tertiary/aromatic N) is 1. The Balaban J connectivity index is 0.00000220. The summed E-state index contributed by atoms with van der Waals surface area (Å²) in [6.07, 6.45) is 1.90. The molecule has 1 heterocycles. The summed E-state index contributed by atoms with van der Waals surface area (Å²) in [5, 5.41) is 3.33. The molecule has 1 aromatic carbocycles. The van der Waals surface area contributed by atoms with Gasteiger partial charge in [-0.05, 0) is 30.9 Å². The molecule has 1 aliphatic rings. The van der Waals surface area contributed by atoms with Crippen molar-refractivity contribution in [1.82, 2.24) is 10.2 Å². The van der Waals surface area contributed by atoms with Crippen molar-refractivity contribution in [3.8, 4) is 0 Å². The summed E-state index contributed by atoms with van der Waals surface area (Å²) in [6, 6.07) is 10.7. The normalized spacial score (nSPS) is 19.1. The average Bonchev–Trinajstić information content (AvgIpc) is 2.98. The molecule has 0 radical (unpaired) electrons. The number of benzene rings is 1. The van der Waals surface area contributed by atoms with Crippen LogP contribution in [0.1, 0.15) is 25.8 Å². The Labute approximate surface area is 134 Å². The monoisotopic (exact) mass is 310 g/mol. The van der Waals surface area contributed by atoms with Crippen molar-refractivity contribution < 1.29 is 4.79 Å². The molecule has 4 heteroatoms. The molecule has 0 bridgehead atoms. The number of hydrogen-bond acceptors (Lipinski definition) is 2. The minimum absolute atomic E-state index is 0. The second-order valence-electron chi connectivity index (χ2n) is 6.14. The number of hydrogen-bond donors (Lipinski definition) is 1. The van der Waals surface area contributed by atoms with Gasteiger partial charge in [-0.2, -0.15) is 0 Å². The van der Waals surface area contributed by atoms with E-state index in [2.05, 4.69) is 31.3 Å². The highest BCUT2D eigenvalue weighted by molar-refractivity contribution is 5.85. The predicted octanol–water partition coefficient (Wildman–Crippen LogP) is 2.74. The highest BCUT2D eigenvalue weighted by Gasteiger charge is 2.30. The van der Waals surface area contributed by atoms with Gasteiger partial charge in [0.25, 0.3) is 0 Å². The quantitative estimate of drug-likeness (QED) is 0.907. The predicted molar refractivity (Wildman–Crippen MR) is 89.8 cm³/mol. The zero-order chi connectivity index (χ0) is 14.5. The molecular formula is C17H27ClN2O. The van der Waals surface area contributed by atoms with Gasteiger partial charge in [-0.15, -0.1) is 12.4 Å². The minimum Gasteiger partial charge on any atom is -0.341 e. The second kappa shape index (κ2) is 8.40. The number of amides is 1. The molecule has 2 atom stereocenters. The lowest BCUT2D eigenvalue weighted by Gasteiger charge is -2.30. The van der Waals surface area contributed by atoms with E-state index in [4.69, 9.17) is 0 Å². The lowest BCUT2D eigenvalue weighted by molar-refractivity contribution is -0.137. The molecule has 0 saturated carbocycles. The van der Waals surface area contributed by atoms with Crippen molar-refractivity contribution >= 4 is 18.3 Å². The minimum atomic E-state index is 0. The van der Waals surface area contributed by atoms with Gasteiger partial charge in [0.15, 0.2) is 0 Å². The van der Waals surface area contributed by atoms with Crippen LogP contribution in [0.5, 0.6) is 0 Å². The molecule has 2 unspecified atom stereocenters. The van der Waals surface area contributed by atoms with Crippen molar-refractivity contribution in [3.63, 3.8) is 0 Å². The standard InChI is InChI=1S/C17H26N2O.ClH/c1-13(2)16(11-14-7-5-4-6-8-14)17(20)19(3)15-9-10-18-12-15;/h4-8,13,15-16,18H,9-12H2,1-3H3;1H. The first-order valence-electron chi connectivity index (χ1n) is 7.61. The van der Waals surface area contributed by atoms with E-state index in [-0.39, 0.29) is 24.2 Å². The van der Waals surface area contributed by atoms with Gasteiger partial charge in [-0.1, -0.05) is 44.2 Å². The number of carbonyl (C=O) groups is 1. The van der Waals surface area contributed by atoms with E-state index in [0.717, 1.165) is 25.9 Å². The number of likely N-dealkylation sites (N-methyl/N-ethyl adjacent to an activating group) is 1. The van der Waals surface area contributed by atoms with Crippen LogP contribution in [0.25, 0.3) is 0 Å². The summed E-state index contributed by atoms with van der Waals surface area (Å²) >= 11 is 0. The summed E-state index contributed by atoms with van der Waals surface area (Å²) in [7, 11) is 1.96. The van der Waals surface area contributed by atoms with Crippen LogP contribution in [0.15, 0.2) is 30.3 Å². The van der Waals surface area contributed by atoms with Crippen LogP contribution in [0.4, 0.5) is 0 Å². The van der Waals surface area contributed by atoms with Gasteiger partial charge in [0.05, 0.1) is 0 Å². The lowest BCUT2D eigenvalue weighted by atomic mass is 9.87. The molecule has 0 aliphatic carbocycles. The maximum atomic E-state index is 12.8. The average molecular weight is 311 g/mol. The van der Waals surface area contributed by atoms with E-state index in [0.29, 0.717) is 12.0 Å². The molecule has 0 aromatic heterocycles. The Kier molecular flexibility index (Phi) is 7.20. The van der Waals surface area contributed by atoms with Gasteiger partial charge in [0.2, 0.25) is 5.91 Å². The van der Waals surface area contributed by atoms with Crippen LogP contribution in [0.3, 0.4) is 0 Å². The van der Waals surface area contributed by atoms with Gasteiger partial charge in [0.1, 0.15) is 0 Å². The molecule has 1 fully saturated rings. The molecule has 3 nitrogen and oxygen atoms in total. The van der Waals surface area contributed by atoms with Crippen molar-refractivity contribution in [2.24, 2.45) is 11.8 Å². The van der Waals surface area contributed by atoms with Gasteiger partial charge >= 0.3 is 0 Å². The largest absolute Gasteiger partial charge is 0.341 e. The molecule has 1 N–H and O–H groups in total. The van der Waals surface area contributed by atoms with Crippen LogP contribution in [0.2, 0.25) is 0 Å². The van der Waals surface area contributed by atoms with E-state index >= 15 is 0 Å². The molecule has 1 aromatic rings. The SMILES string of the molecule is CC(C)C(Cc1ccccc1)C(=O)N(C)C1CCNC1.Cl. The number of nitrogens with one attached hydrogen (secondary N) is 1. The molecule has 2 rings (SSSR count). The van der Waals surface area contributed by atoms with Crippen LogP contribution in [-0.2, 0) is 11.2 Å². The highest BCUT2D eigenvalue weighted by Crippen LogP contribution is 2.21. The van der Waals surface area contributed by atoms with Gasteiger partial charge in [-0.3, -0.25) is 4.79 Å². The fraction of sp³-hybridized carbons (Fsp3) is 0.588. The van der Waals surface area contributed by atoms with Crippen molar-refractivity contribution in [2.75, 3.05) is 20.1 Å². The zero-order valence-corrected chi connectivity index (χ0v) is 14.0. The highest BCUT2D eigenvalue weighted by atomic mass is 35.5. The molecule has 1 saturated heterocycles. The topological polar surface area (TPSA) is 32.3 Å². The fourth-order valence-corrected chi connectivity index (χ4v) is 2.89. The third-order valence-electron chi connectivity index (χ3n) is 4.35. The molecule has 21 heavy (non-hydrogen) atoms. The second-order valence-corrected chi connectivity index (χ2v) is 6.14. The van der Waals surface area contributed by atoms with Gasteiger partial charge < -0.3 is 10.2 Å². The summed E-state index contributed by atoms with van der Waals surface area (Å²) < 4.78 is 0.